The van der Waals surface area contributed by atoms with Gasteiger partial charge in [0, 0.05) is 18.9 Å². The number of aryl methyl sites for hydroxylation is 1. The van der Waals surface area contributed by atoms with Crippen LogP contribution in [0, 0.1) is 0 Å². The lowest BCUT2D eigenvalue weighted by Crippen LogP contribution is -2.04. The molecule has 0 saturated carbocycles. The normalized spacial score (nSPS) is 10.4. The van der Waals surface area contributed by atoms with E-state index in [0.29, 0.717) is 19.6 Å². The molecule has 0 aliphatic heterocycles. The van der Waals surface area contributed by atoms with Crippen molar-refractivity contribution in [3.05, 3.63) is 54.1 Å². The van der Waals surface area contributed by atoms with E-state index < -0.39 is 0 Å². The predicted molar refractivity (Wildman–Crippen MR) is 108 cm³/mol. The number of carbonyl (C=O) groups is 2. The Kier molecular flexibility index (Phi) is 9.05. The van der Waals surface area contributed by atoms with Crippen LogP contribution in [0.1, 0.15) is 38.2 Å². The van der Waals surface area contributed by atoms with Gasteiger partial charge in [-0.1, -0.05) is 36.4 Å². The highest BCUT2D eigenvalue weighted by Gasteiger charge is 2.09. The third-order valence-electron chi connectivity index (χ3n) is 4.30. The van der Waals surface area contributed by atoms with Crippen molar-refractivity contribution in [3.63, 3.8) is 0 Å². The summed E-state index contributed by atoms with van der Waals surface area (Å²) in [5.41, 5.74) is 3.29. The number of hydrogen-bond donors (Lipinski definition) is 0. The van der Waals surface area contributed by atoms with Gasteiger partial charge in [-0.2, -0.15) is 0 Å². The summed E-state index contributed by atoms with van der Waals surface area (Å²) in [5, 5.41) is 0. The molecule has 2 aromatic rings. The first kappa shape index (κ1) is 21.5. The minimum Gasteiger partial charge on any atom is -0.493 e. The van der Waals surface area contributed by atoms with Gasteiger partial charge in [0.2, 0.25) is 0 Å². The summed E-state index contributed by atoms with van der Waals surface area (Å²) in [6.07, 6.45) is 3.54. The Balaban J connectivity index is 2.00. The van der Waals surface area contributed by atoms with E-state index in [9.17, 15) is 9.59 Å². The first-order valence-electron chi connectivity index (χ1n) is 9.61. The Morgan fingerprint density at radius 2 is 1.68 bits per heavy atom. The molecule has 28 heavy (non-hydrogen) atoms. The largest absolute Gasteiger partial charge is 0.493 e. The van der Waals surface area contributed by atoms with E-state index in [4.69, 9.17) is 14.2 Å². The van der Waals surface area contributed by atoms with Gasteiger partial charge in [-0.05, 0) is 48.9 Å². The molecule has 0 atom stereocenters. The molecule has 0 N–H and O–H groups in total. The molecule has 0 bridgehead atoms. The van der Waals surface area contributed by atoms with Crippen molar-refractivity contribution in [2.75, 3.05) is 20.3 Å². The number of benzene rings is 2. The highest BCUT2D eigenvalue weighted by atomic mass is 16.5. The van der Waals surface area contributed by atoms with Crippen LogP contribution in [0.3, 0.4) is 0 Å². The van der Waals surface area contributed by atoms with Gasteiger partial charge in [-0.25, -0.2) is 0 Å². The molecule has 5 heteroatoms. The Bertz CT molecular complexity index is 755. The summed E-state index contributed by atoms with van der Waals surface area (Å²) >= 11 is 0. The number of esters is 2. The summed E-state index contributed by atoms with van der Waals surface area (Å²) in [4.78, 5) is 22.1. The SMILES string of the molecule is COC(=O)CCCc1ccc(OCCCCOC(C)=O)c(-c2ccccc2)c1. The van der Waals surface area contributed by atoms with Crippen molar-refractivity contribution in [2.45, 2.75) is 39.0 Å². The summed E-state index contributed by atoms with van der Waals surface area (Å²) in [6.45, 7) is 2.39. The first-order valence-corrected chi connectivity index (χ1v) is 9.61. The molecule has 0 aliphatic rings. The third-order valence-corrected chi connectivity index (χ3v) is 4.30. The van der Waals surface area contributed by atoms with Gasteiger partial charge in [-0.3, -0.25) is 9.59 Å². The van der Waals surface area contributed by atoms with Crippen molar-refractivity contribution in [3.8, 4) is 16.9 Å². The third kappa shape index (κ3) is 7.43. The molecule has 150 valence electrons. The second kappa shape index (κ2) is 11.8. The number of rotatable bonds is 11. The molecular weight excluding hydrogens is 356 g/mol. The van der Waals surface area contributed by atoms with Crippen LogP contribution in [0.15, 0.2) is 48.5 Å². The number of ether oxygens (including phenoxy) is 3. The molecule has 0 spiro atoms. The topological polar surface area (TPSA) is 61.8 Å². The molecule has 5 nitrogen and oxygen atoms in total. The van der Waals surface area contributed by atoms with Crippen LogP contribution in [0.2, 0.25) is 0 Å². The number of methoxy groups -OCH3 is 1. The maximum Gasteiger partial charge on any atom is 0.305 e. The van der Waals surface area contributed by atoms with E-state index in [-0.39, 0.29) is 11.9 Å². The summed E-state index contributed by atoms with van der Waals surface area (Å²) in [5.74, 6) is 0.391. The lowest BCUT2D eigenvalue weighted by atomic mass is 9.99. The lowest BCUT2D eigenvalue weighted by Gasteiger charge is -2.14. The first-order chi connectivity index (χ1) is 13.6. The van der Waals surface area contributed by atoms with Gasteiger partial charge in [0.05, 0.1) is 20.3 Å². The van der Waals surface area contributed by atoms with Gasteiger partial charge < -0.3 is 14.2 Å². The van der Waals surface area contributed by atoms with Crippen LogP contribution in [-0.2, 0) is 25.5 Å². The summed E-state index contributed by atoms with van der Waals surface area (Å²) < 4.78 is 15.6. The molecule has 0 fully saturated rings. The molecule has 2 aromatic carbocycles. The van der Waals surface area contributed by atoms with E-state index in [1.807, 2.05) is 30.3 Å². The van der Waals surface area contributed by atoms with Gasteiger partial charge >= 0.3 is 11.9 Å². The quantitative estimate of drug-likeness (QED) is 0.419. The maximum atomic E-state index is 11.3. The molecule has 0 aliphatic carbocycles. The summed E-state index contributed by atoms with van der Waals surface area (Å²) in [6, 6.07) is 16.3. The van der Waals surface area contributed by atoms with Gasteiger partial charge in [0.1, 0.15) is 5.75 Å². The van der Waals surface area contributed by atoms with Gasteiger partial charge in [-0.15, -0.1) is 0 Å². The van der Waals surface area contributed by atoms with E-state index in [2.05, 4.69) is 18.2 Å². The van der Waals surface area contributed by atoms with E-state index in [1.54, 1.807) is 0 Å². The molecule has 0 amide bonds. The smallest absolute Gasteiger partial charge is 0.305 e. The van der Waals surface area contributed by atoms with E-state index in [1.165, 1.54) is 14.0 Å². The molecule has 0 aromatic heterocycles. The van der Waals surface area contributed by atoms with Crippen LogP contribution in [0.5, 0.6) is 5.75 Å². The Hall–Kier alpha value is -2.82. The van der Waals surface area contributed by atoms with E-state index >= 15 is 0 Å². The predicted octanol–water partition coefficient (Wildman–Crippen LogP) is 4.57. The molecular formula is C23H28O5. The number of carbonyl (C=O) groups excluding carboxylic acids is 2. The highest BCUT2D eigenvalue weighted by molar-refractivity contribution is 5.71. The second-order valence-corrected chi connectivity index (χ2v) is 6.52. The molecule has 0 heterocycles. The zero-order chi connectivity index (χ0) is 20.2. The van der Waals surface area contributed by atoms with Gasteiger partial charge in [0.15, 0.2) is 0 Å². The molecule has 2 rings (SSSR count). The molecule has 0 saturated heterocycles. The zero-order valence-corrected chi connectivity index (χ0v) is 16.6. The van der Waals surface area contributed by atoms with Crippen molar-refractivity contribution >= 4 is 11.9 Å². The fourth-order valence-corrected chi connectivity index (χ4v) is 2.84. The van der Waals surface area contributed by atoms with Crippen molar-refractivity contribution in [1.82, 2.24) is 0 Å². The van der Waals surface area contributed by atoms with Crippen LogP contribution in [-0.4, -0.2) is 32.3 Å². The van der Waals surface area contributed by atoms with Crippen LogP contribution in [0.25, 0.3) is 11.1 Å². The number of unbranched alkanes of at least 4 members (excludes halogenated alkanes) is 1. The number of hydrogen-bond acceptors (Lipinski definition) is 5. The highest BCUT2D eigenvalue weighted by Crippen LogP contribution is 2.31. The molecule has 0 unspecified atom stereocenters. The van der Waals surface area contributed by atoms with E-state index in [0.717, 1.165) is 48.1 Å². The van der Waals surface area contributed by atoms with Crippen molar-refractivity contribution < 1.29 is 23.8 Å². The minimum absolute atomic E-state index is 0.183. The molecule has 0 radical (unpaired) electrons. The van der Waals surface area contributed by atoms with Crippen LogP contribution in [0.4, 0.5) is 0 Å². The van der Waals surface area contributed by atoms with Crippen LogP contribution >= 0.6 is 0 Å². The van der Waals surface area contributed by atoms with Crippen molar-refractivity contribution in [2.24, 2.45) is 0 Å². The van der Waals surface area contributed by atoms with Crippen LogP contribution < -0.4 is 4.74 Å². The fourth-order valence-electron chi connectivity index (χ4n) is 2.84. The van der Waals surface area contributed by atoms with Gasteiger partial charge in [0.25, 0.3) is 0 Å². The second-order valence-electron chi connectivity index (χ2n) is 6.52. The lowest BCUT2D eigenvalue weighted by molar-refractivity contribution is -0.141. The monoisotopic (exact) mass is 384 g/mol. The Labute approximate surface area is 166 Å². The standard InChI is InChI=1S/C23H28O5/c1-18(24)27-15-6-7-16-28-22-14-13-19(9-8-12-23(25)26-2)17-21(22)20-10-4-3-5-11-20/h3-5,10-11,13-14,17H,6-9,12,15-16H2,1-2H3. The van der Waals surface area contributed by atoms with Crippen molar-refractivity contribution in [1.29, 1.82) is 0 Å². The average molecular weight is 384 g/mol. The fraction of sp³-hybridized carbons (Fsp3) is 0.391. The summed E-state index contributed by atoms with van der Waals surface area (Å²) in [7, 11) is 1.41. The Morgan fingerprint density at radius 3 is 2.39 bits per heavy atom. The maximum absolute atomic E-state index is 11.3. The minimum atomic E-state index is -0.255. The Morgan fingerprint density at radius 1 is 0.929 bits per heavy atom. The average Bonchev–Trinajstić information content (AvgIpc) is 2.71. The zero-order valence-electron chi connectivity index (χ0n) is 16.6.